The van der Waals surface area contributed by atoms with Gasteiger partial charge in [0.05, 0.1) is 22.8 Å². The highest BCUT2D eigenvalue weighted by molar-refractivity contribution is 7.85. The molecule has 0 aliphatic carbocycles. The second kappa shape index (κ2) is 9.50. The normalized spacial score (nSPS) is 13.5. The SMILES string of the molecule is NC(=O)[C@@H](CC[S@@](=O)c1ccccc1)NC(=O)Cc1cccc(C(F)(F)F)c1. The van der Waals surface area contributed by atoms with E-state index in [-0.39, 0.29) is 24.2 Å². The fraction of sp³-hybridized carbons (Fsp3) is 0.263. The summed E-state index contributed by atoms with van der Waals surface area (Å²) in [6.07, 6.45) is -4.80. The molecule has 0 heterocycles. The molecule has 3 N–H and O–H groups in total. The first-order valence-electron chi connectivity index (χ1n) is 8.35. The van der Waals surface area contributed by atoms with Crippen LogP contribution in [0.4, 0.5) is 13.2 Å². The molecule has 2 rings (SSSR count). The lowest BCUT2D eigenvalue weighted by atomic mass is 10.1. The summed E-state index contributed by atoms with van der Waals surface area (Å²) in [5, 5.41) is 2.40. The number of carbonyl (C=O) groups is 2. The summed E-state index contributed by atoms with van der Waals surface area (Å²) >= 11 is 0. The van der Waals surface area contributed by atoms with Gasteiger partial charge in [0.2, 0.25) is 11.8 Å². The molecular weight excluding hydrogens is 393 g/mol. The molecule has 0 saturated carbocycles. The Kier molecular flexibility index (Phi) is 7.33. The number of halogens is 3. The Morgan fingerprint density at radius 1 is 1.07 bits per heavy atom. The number of nitrogens with one attached hydrogen (secondary N) is 1. The standard InChI is InChI=1S/C19H19F3N2O3S/c20-19(21,22)14-6-4-5-13(11-14)12-17(25)24-16(18(23)26)9-10-28(27)15-7-2-1-3-8-15/h1-8,11,16H,9-10,12H2,(H2,23,26)(H,24,25)/t16-,28-/m1/s1. The Morgan fingerprint density at radius 2 is 1.75 bits per heavy atom. The molecule has 5 nitrogen and oxygen atoms in total. The van der Waals surface area contributed by atoms with E-state index in [1.165, 1.54) is 12.1 Å². The van der Waals surface area contributed by atoms with Crippen molar-refractivity contribution < 1.29 is 27.0 Å². The van der Waals surface area contributed by atoms with Crippen LogP contribution in [0.3, 0.4) is 0 Å². The van der Waals surface area contributed by atoms with Gasteiger partial charge in [0.1, 0.15) is 6.04 Å². The van der Waals surface area contributed by atoms with E-state index in [4.69, 9.17) is 5.73 Å². The molecular formula is C19H19F3N2O3S. The molecule has 0 fully saturated rings. The fourth-order valence-corrected chi connectivity index (χ4v) is 3.64. The van der Waals surface area contributed by atoms with Crippen LogP contribution in [-0.4, -0.2) is 27.8 Å². The molecule has 2 aromatic rings. The first-order chi connectivity index (χ1) is 13.2. The Labute approximate surface area is 162 Å². The predicted molar refractivity (Wildman–Crippen MR) is 98.6 cm³/mol. The van der Waals surface area contributed by atoms with Crippen LogP contribution in [0, 0.1) is 0 Å². The van der Waals surface area contributed by atoms with Crippen molar-refractivity contribution in [1.29, 1.82) is 0 Å². The first kappa shape index (κ1) is 21.6. The zero-order chi connectivity index (χ0) is 20.7. The number of primary amides is 1. The highest BCUT2D eigenvalue weighted by Crippen LogP contribution is 2.29. The quantitative estimate of drug-likeness (QED) is 0.698. The monoisotopic (exact) mass is 412 g/mol. The second-order valence-corrected chi connectivity index (χ2v) is 7.62. The van der Waals surface area contributed by atoms with Gasteiger partial charge in [0.15, 0.2) is 0 Å². The third-order valence-corrected chi connectivity index (χ3v) is 5.30. The molecule has 2 amide bonds. The van der Waals surface area contributed by atoms with Crippen molar-refractivity contribution in [3.8, 4) is 0 Å². The molecule has 2 aromatic carbocycles. The lowest BCUT2D eigenvalue weighted by Gasteiger charge is -2.16. The molecule has 0 spiro atoms. The third kappa shape index (κ3) is 6.49. The highest BCUT2D eigenvalue weighted by Gasteiger charge is 2.30. The van der Waals surface area contributed by atoms with Gasteiger partial charge in [-0.15, -0.1) is 0 Å². The van der Waals surface area contributed by atoms with Crippen LogP contribution >= 0.6 is 0 Å². The van der Waals surface area contributed by atoms with E-state index < -0.39 is 40.4 Å². The number of nitrogens with two attached hydrogens (primary N) is 1. The molecule has 0 aliphatic rings. The lowest BCUT2D eigenvalue weighted by Crippen LogP contribution is -2.45. The van der Waals surface area contributed by atoms with Crippen molar-refractivity contribution in [2.75, 3.05) is 5.75 Å². The Morgan fingerprint density at radius 3 is 2.36 bits per heavy atom. The van der Waals surface area contributed by atoms with E-state index in [1.807, 2.05) is 0 Å². The van der Waals surface area contributed by atoms with Gasteiger partial charge in [0, 0.05) is 10.6 Å². The summed E-state index contributed by atoms with van der Waals surface area (Å²) in [6.45, 7) is 0. The number of amides is 2. The summed E-state index contributed by atoms with van der Waals surface area (Å²) in [7, 11) is -1.37. The van der Waals surface area contributed by atoms with Crippen LogP contribution in [0.2, 0.25) is 0 Å². The summed E-state index contributed by atoms with van der Waals surface area (Å²) in [4.78, 5) is 24.3. The van der Waals surface area contributed by atoms with Crippen molar-refractivity contribution in [1.82, 2.24) is 5.32 Å². The number of hydrogen-bond donors (Lipinski definition) is 2. The zero-order valence-electron chi connectivity index (χ0n) is 14.7. The minimum atomic E-state index is -4.51. The maximum absolute atomic E-state index is 12.7. The van der Waals surface area contributed by atoms with Crippen LogP contribution in [-0.2, 0) is 33.0 Å². The Bertz CT molecular complexity index is 857. The van der Waals surface area contributed by atoms with Gasteiger partial charge in [-0.3, -0.25) is 13.8 Å². The molecule has 150 valence electrons. The van der Waals surface area contributed by atoms with E-state index >= 15 is 0 Å². The molecule has 0 radical (unpaired) electrons. The van der Waals surface area contributed by atoms with Crippen molar-refractivity contribution in [3.05, 3.63) is 65.7 Å². The number of alkyl halides is 3. The van der Waals surface area contributed by atoms with Crippen LogP contribution in [0.15, 0.2) is 59.5 Å². The first-order valence-corrected chi connectivity index (χ1v) is 9.67. The minimum absolute atomic E-state index is 0.0468. The largest absolute Gasteiger partial charge is 0.416 e. The van der Waals surface area contributed by atoms with Crippen molar-refractivity contribution in [2.24, 2.45) is 5.73 Å². The van der Waals surface area contributed by atoms with E-state index in [1.54, 1.807) is 30.3 Å². The molecule has 9 heteroatoms. The van der Waals surface area contributed by atoms with Gasteiger partial charge in [-0.05, 0) is 30.2 Å². The van der Waals surface area contributed by atoms with Gasteiger partial charge in [-0.25, -0.2) is 0 Å². The third-order valence-electron chi connectivity index (χ3n) is 3.90. The van der Waals surface area contributed by atoms with Gasteiger partial charge in [0.25, 0.3) is 0 Å². The Hall–Kier alpha value is -2.68. The van der Waals surface area contributed by atoms with E-state index in [9.17, 15) is 27.0 Å². The average molecular weight is 412 g/mol. The smallest absolute Gasteiger partial charge is 0.368 e. The maximum atomic E-state index is 12.7. The number of benzene rings is 2. The summed E-state index contributed by atoms with van der Waals surface area (Å²) in [5.41, 5.74) is 4.58. The minimum Gasteiger partial charge on any atom is -0.368 e. The van der Waals surface area contributed by atoms with Crippen LogP contribution in [0.1, 0.15) is 17.5 Å². The molecule has 0 bridgehead atoms. The second-order valence-electron chi connectivity index (χ2n) is 6.05. The molecule has 0 unspecified atom stereocenters. The van der Waals surface area contributed by atoms with E-state index in [0.717, 1.165) is 12.1 Å². The van der Waals surface area contributed by atoms with Gasteiger partial charge < -0.3 is 11.1 Å². The van der Waals surface area contributed by atoms with Crippen LogP contribution in [0.5, 0.6) is 0 Å². The summed E-state index contributed by atoms with van der Waals surface area (Å²) in [5.74, 6) is -1.35. The number of hydrogen-bond acceptors (Lipinski definition) is 3. The molecule has 2 atom stereocenters. The summed E-state index contributed by atoms with van der Waals surface area (Å²) < 4.78 is 50.5. The lowest BCUT2D eigenvalue weighted by molar-refractivity contribution is -0.137. The van der Waals surface area contributed by atoms with Gasteiger partial charge >= 0.3 is 6.18 Å². The average Bonchev–Trinajstić information content (AvgIpc) is 2.64. The molecule has 0 aliphatic heterocycles. The zero-order valence-corrected chi connectivity index (χ0v) is 15.6. The predicted octanol–water partition coefficient (Wildman–Crippen LogP) is 2.42. The maximum Gasteiger partial charge on any atom is 0.416 e. The highest BCUT2D eigenvalue weighted by atomic mass is 32.2. The molecule has 28 heavy (non-hydrogen) atoms. The Balaban J connectivity index is 1.95. The van der Waals surface area contributed by atoms with Crippen molar-refractivity contribution in [3.63, 3.8) is 0 Å². The fourth-order valence-electron chi connectivity index (χ4n) is 2.49. The number of rotatable bonds is 8. The number of carbonyl (C=O) groups excluding carboxylic acids is 2. The van der Waals surface area contributed by atoms with Gasteiger partial charge in [-0.1, -0.05) is 36.4 Å². The van der Waals surface area contributed by atoms with E-state index in [0.29, 0.717) is 4.90 Å². The van der Waals surface area contributed by atoms with Crippen LogP contribution in [0.25, 0.3) is 0 Å². The van der Waals surface area contributed by atoms with Crippen molar-refractivity contribution >= 4 is 22.6 Å². The van der Waals surface area contributed by atoms with Crippen molar-refractivity contribution in [2.45, 2.75) is 30.0 Å². The molecule has 0 saturated heterocycles. The van der Waals surface area contributed by atoms with Gasteiger partial charge in [-0.2, -0.15) is 13.2 Å². The molecule has 0 aromatic heterocycles. The topological polar surface area (TPSA) is 89.3 Å². The summed E-state index contributed by atoms with van der Waals surface area (Å²) in [6, 6.07) is 11.9. The van der Waals surface area contributed by atoms with E-state index in [2.05, 4.69) is 5.32 Å². The van der Waals surface area contributed by atoms with Crippen LogP contribution < -0.4 is 11.1 Å².